The van der Waals surface area contributed by atoms with Crippen LogP contribution in [0, 0.1) is 13.8 Å². The molecule has 0 unspecified atom stereocenters. The highest BCUT2D eigenvalue weighted by molar-refractivity contribution is 7.18. The summed E-state index contributed by atoms with van der Waals surface area (Å²) < 4.78 is 39.3. The molecule has 9 heteroatoms. The molecule has 3 rings (SSSR count). The van der Waals surface area contributed by atoms with E-state index in [1.807, 2.05) is 13.8 Å². The molecule has 0 atom stereocenters. The average molecular weight is 381 g/mol. The van der Waals surface area contributed by atoms with Crippen molar-refractivity contribution in [2.24, 2.45) is 0 Å². The third-order valence-corrected chi connectivity index (χ3v) is 5.06. The number of halogens is 3. The first kappa shape index (κ1) is 18.1. The summed E-state index contributed by atoms with van der Waals surface area (Å²) >= 11 is 1.40. The van der Waals surface area contributed by atoms with Crippen LogP contribution in [0.1, 0.15) is 16.0 Å². The maximum Gasteiger partial charge on any atom is 0.416 e. The minimum Gasteiger partial charge on any atom is -0.325 e. The van der Waals surface area contributed by atoms with Crippen LogP contribution in [0.5, 0.6) is 0 Å². The van der Waals surface area contributed by atoms with Crippen LogP contribution >= 0.6 is 11.3 Å². The van der Waals surface area contributed by atoms with Gasteiger partial charge in [0.25, 0.3) is 5.56 Å². The van der Waals surface area contributed by atoms with Gasteiger partial charge >= 0.3 is 6.18 Å². The normalized spacial score (nSPS) is 11.7. The highest BCUT2D eigenvalue weighted by atomic mass is 32.1. The summed E-state index contributed by atoms with van der Waals surface area (Å²) in [6, 6.07) is 4.31. The number of benzene rings is 1. The molecule has 1 aromatic carbocycles. The van der Waals surface area contributed by atoms with Crippen LogP contribution in [0.2, 0.25) is 0 Å². The summed E-state index contributed by atoms with van der Waals surface area (Å²) in [5.74, 6) is -0.614. The van der Waals surface area contributed by atoms with E-state index in [9.17, 15) is 22.8 Å². The molecule has 1 amide bonds. The number of amides is 1. The van der Waals surface area contributed by atoms with Crippen molar-refractivity contribution >= 4 is 33.1 Å². The van der Waals surface area contributed by atoms with Gasteiger partial charge in [-0.05, 0) is 37.6 Å². The first-order valence-corrected chi connectivity index (χ1v) is 8.40. The van der Waals surface area contributed by atoms with Crippen LogP contribution in [-0.2, 0) is 17.5 Å². The summed E-state index contributed by atoms with van der Waals surface area (Å²) in [6.07, 6.45) is -3.23. The molecular weight excluding hydrogens is 367 g/mol. The number of carbonyl (C=O) groups is 1. The Morgan fingerprint density at radius 1 is 1.31 bits per heavy atom. The average Bonchev–Trinajstić information content (AvgIpc) is 2.85. The zero-order valence-corrected chi connectivity index (χ0v) is 14.7. The lowest BCUT2D eigenvalue weighted by Gasteiger charge is -2.10. The van der Waals surface area contributed by atoms with E-state index >= 15 is 0 Å². The summed E-state index contributed by atoms with van der Waals surface area (Å²) in [6.45, 7) is 3.35. The molecule has 0 aliphatic rings. The Labute approximate surface area is 150 Å². The van der Waals surface area contributed by atoms with E-state index in [2.05, 4.69) is 10.3 Å². The molecule has 0 bridgehead atoms. The summed E-state index contributed by atoms with van der Waals surface area (Å²) in [5.41, 5.74) is -0.388. The number of hydrogen-bond donors (Lipinski definition) is 1. The number of alkyl halides is 3. The smallest absolute Gasteiger partial charge is 0.325 e. The van der Waals surface area contributed by atoms with Crippen LogP contribution in [-0.4, -0.2) is 15.5 Å². The van der Waals surface area contributed by atoms with Crippen LogP contribution in [0.3, 0.4) is 0 Å². The second-order valence-corrected chi connectivity index (χ2v) is 6.97. The fourth-order valence-corrected chi connectivity index (χ4v) is 3.50. The number of rotatable bonds is 3. The number of aromatic nitrogens is 2. The third-order valence-electron chi connectivity index (χ3n) is 3.94. The lowest BCUT2D eigenvalue weighted by atomic mass is 10.2. The predicted molar refractivity (Wildman–Crippen MR) is 93.4 cm³/mol. The fourth-order valence-electron chi connectivity index (χ4n) is 2.51. The van der Waals surface area contributed by atoms with Crippen molar-refractivity contribution in [1.82, 2.24) is 9.55 Å². The Morgan fingerprint density at radius 2 is 2.04 bits per heavy atom. The number of anilines is 1. The number of carbonyl (C=O) groups excluding carboxylic acids is 1. The molecule has 0 radical (unpaired) electrons. The van der Waals surface area contributed by atoms with Crippen molar-refractivity contribution in [1.29, 1.82) is 0 Å². The maximum atomic E-state index is 12.7. The summed E-state index contributed by atoms with van der Waals surface area (Å²) in [5, 5.41) is 2.83. The molecule has 0 saturated carbocycles. The van der Waals surface area contributed by atoms with Crippen molar-refractivity contribution in [3.8, 4) is 0 Å². The summed E-state index contributed by atoms with van der Waals surface area (Å²) in [7, 11) is 0. The number of thiophene rings is 1. The van der Waals surface area contributed by atoms with Crippen molar-refractivity contribution in [3.05, 3.63) is 57.0 Å². The van der Waals surface area contributed by atoms with E-state index in [0.29, 0.717) is 10.2 Å². The van der Waals surface area contributed by atoms with E-state index in [1.165, 1.54) is 29.8 Å². The largest absolute Gasteiger partial charge is 0.416 e. The molecule has 1 N–H and O–H groups in total. The van der Waals surface area contributed by atoms with Gasteiger partial charge in [-0.2, -0.15) is 13.2 Å². The molecule has 0 fully saturated rings. The second-order valence-electron chi connectivity index (χ2n) is 5.77. The lowest BCUT2D eigenvalue weighted by Crippen LogP contribution is -2.28. The molecular formula is C17H14F3N3O2S. The Morgan fingerprint density at radius 3 is 2.73 bits per heavy atom. The molecule has 26 heavy (non-hydrogen) atoms. The van der Waals surface area contributed by atoms with Crippen LogP contribution in [0.4, 0.5) is 18.9 Å². The van der Waals surface area contributed by atoms with Gasteiger partial charge in [0.1, 0.15) is 11.4 Å². The van der Waals surface area contributed by atoms with Crippen LogP contribution in [0.15, 0.2) is 35.4 Å². The van der Waals surface area contributed by atoms with Crippen molar-refractivity contribution in [3.63, 3.8) is 0 Å². The van der Waals surface area contributed by atoms with Gasteiger partial charge in [-0.1, -0.05) is 6.07 Å². The predicted octanol–water partition coefficient (Wildman–Crippen LogP) is 3.73. The quantitative estimate of drug-likeness (QED) is 0.752. The molecule has 5 nitrogen and oxygen atoms in total. The Kier molecular flexibility index (Phi) is 4.57. The number of nitrogens with one attached hydrogen (secondary N) is 1. The van der Waals surface area contributed by atoms with Gasteiger partial charge in [-0.25, -0.2) is 4.98 Å². The van der Waals surface area contributed by atoms with Crippen LogP contribution in [0.25, 0.3) is 10.2 Å². The number of fused-ring (bicyclic) bond motifs is 1. The second kappa shape index (κ2) is 6.56. The Hall–Kier alpha value is -2.68. The molecule has 3 aromatic rings. The van der Waals surface area contributed by atoms with Gasteiger partial charge in [0.05, 0.1) is 17.3 Å². The fraction of sp³-hybridized carbons (Fsp3) is 0.235. The third kappa shape index (κ3) is 3.48. The number of aryl methyl sites for hydroxylation is 2. The van der Waals surface area contributed by atoms with E-state index < -0.39 is 17.6 Å². The molecule has 0 spiro atoms. The number of hydrogen-bond acceptors (Lipinski definition) is 4. The lowest BCUT2D eigenvalue weighted by molar-refractivity contribution is -0.137. The topological polar surface area (TPSA) is 64.0 Å². The van der Waals surface area contributed by atoms with E-state index in [-0.39, 0.29) is 17.8 Å². The monoisotopic (exact) mass is 381 g/mol. The van der Waals surface area contributed by atoms with Crippen molar-refractivity contribution in [2.45, 2.75) is 26.6 Å². The van der Waals surface area contributed by atoms with Gasteiger partial charge in [-0.15, -0.1) is 11.3 Å². The molecule has 0 saturated heterocycles. The molecule has 136 valence electrons. The van der Waals surface area contributed by atoms with E-state index in [1.54, 1.807) is 0 Å². The minimum absolute atomic E-state index is 0.00877. The molecule has 0 aliphatic carbocycles. The van der Waals surface area contributed by atoms with Gasteiger partial charge < -0.3 is 5.32 Å². The van der Waals surface area contributed by atoms with Gasteiger partial charge in [0.2, 0.25) is 5.91 Å². The zero-order valence-electron chi connectivity index (χ0n) is 13.8. The van der Waals surface area contributed by atoms with Crippen molar-refractivity contribution < 1.29 is 18.0 Å². The standard InChI is InChI=1S/C17H14F3N3O2S/c1-9-10(2)26-15-14(9)16(25)23(8-21-15)7-13(24)22-12-5-3-4-11(6-12)17(18,19)20/h3-6,8H,7H2,1-2H3,(H,22,24). The minimum atomic E-state index is -4.50. The molecule has 2 aromatic heterocycles. The zero-order chi connectivity index (χ0) is 19.1. The molecule has 2 heterocycles. The van der Waals surface area contributed by atoms with E-state index in [4.69, 9.17) is 0 Å². The van der Waals surface area contributed by atoms with Crippen LogP contribution < -0.4 is 10.9 Å². The highest BCUT2D eigenvalue weighted by Gasteiger charge is 2.30. The molecule has 0 aliphatic heterocycles. The van der Waals surface area contributed by atoms with E-state index in [0.717, 1.165) is 27.1 Å². The number of nitrogens with zero attached hydrogens (tertiary/aromatic N) is 2. The van der Waals surface area contributed by atoms with Crippen molar-refractivity contribution in [2.75, 3.05) is 5.32 Å². The van der Waals surface area contributed by atoms with Gasteiger partial charge in [0, 0.05) is 10.6 Å². The Balaban J connectivity index is 1.83. The summed E-state index contributed by atoms with van der Waals surface area (Å²) in [4.78, 5) is 30.4. The van der Waals surface area contributed by atoms with Gasteiger partial charge in [-0.3, -0.25) is 14.2 Å². The first-order valence-electron chi connectivity index (χ1n) is 7.59. The Bertz CT molecular complexity index is 1050. The highest BCUT2D eigenvalue weighted by Crippen LogP contribution is 2.30. The first-order chi connectivity index (χ1) is 12.2. The maximum absolute atomic E-state index is 12.7. The SMILES string of the molecule is Cc1sc2ncn(CC(=O)Nc3cccc(C(F)(F)F)c3)c(=O)c2c1C. The van der Waals surface area contributed by atoms with Gasteiger partial charge in [0.15, 0.2) is 0 Å².